The highest BCUT2D eigenvalue weighted by Crippen LogP contribution is 2.27. The van der Waals surface area contributed by atoms with Crippen molar-refractivity contribution in [2.45, 2.75) is 13.3 Å². The van der Waals surface area contributed by atoms with E-state index < -0.39 is 0 Å². The summed E-state index contributed by atoms with van der Waals surface area (Å²) >= 11 is 7.53. The molecule has 0 bridgehead atoms. The van der Waals surface area contributed by atoms with Crippen LogP contribution in [0.4, 0.5) is 5.69 Å². The maximum atomic E-state index is 12.4. The molecule has 2 rings (SSSR count). The van der Waals surface area contributed by atoms with E-state index in [4.69, 9.17) is 21.7 Å². The molecule has 0 unspecified atom stereocenters. The quantitative estimate of drug-likeness (QED) is 0.511. The van der Waals surface area contributed by atoms with Crippen LogP contribution in [0.15, 0.2) is 36.4 Å². The molecule has 0 heterocycles. The number of carbonyl (C=O) groups is 1. The second-order valence-corrected chi connectivity index (χ2v) is 6.79. The molecule has 5 nitrogen and oxygen atoms in total. The van der Waals surface area contributed by atoms with Crippen molar-refractivity contribution in [2.75, 3.05) is 19.5 Å². The predicted octanol–water partition coefficient (Wildman–Crippen LogP) is 4.00. The number of carbonyl (C=O) groups excluding carboxylic acids is 1. The zero-order valence-electron chi connectivity index (χ0n) is 14.2. The van der Waals surface area contributed by atoms with E-state index in [1.54, 1.807) is 25.3 Å². The molecule has 1 amide bonds. The first-order valence-corrected chi connectivity index (χ1v) is 9.10. The van der Waals surface area contributed by atoms with E-state index in [2.05, 4.69) is 46.2 Å². The first-order chi connectivity index (χ1) is 12.0. The molecule has 0 aliphatic carbocycles. The molecule has 0 aromatic heterocycles. The van der Waals surface area contributed by atoms with Crippen LogP contribution in [-0.2, 0) is 6.42 Å². The van der Waals surface area contributed by atoms with Gasteiger partial charge in [-0.1, -0.05) is 6.92 Å². The maximum absolute atomic E-state index is 12.4. The fraction of sp³-hybridized carbons (Fsp3) is 0.222. The minimum absolute atomic E-state index is 0.246. The minimum atomic E-state index is -0.318. The van der Waals surface area contributed by atoms with E-state index in [0.29, 0.717) is 17.1 Å². The first-order valence-electron chi connectivity index (χ1n) is 7.61. The molecule has 7 heteroatoms. The van der Waals surface area contributed by atoms with Gasteiger partial charge in [-0.3, -0.25) is 10.1 Å². The summed E-state index contributed by atoms with van der Waals surface area (Å²) in [4.78, 5) is 12.4. The lowest BCUT2D eigenvalue weighted by atomic mass is 10.1. The van der Waals surface area contributed by atoms with Crippen molar-refractivity contribution >= 4 is 51.5 Å². The number of amides is 1. The van der Waals surface area contributed by atoms with Crippen LogP contribution >= 0.6 is 34.8 Å². The van der Waals surface area contributed by atoms with Crippen LogP contribution in [0.3, 0.4) is 0 Å². The highest BCUT2D eigenvalue weighted by Gasteiger charge is 2.13. The largest absolute Gasteiger partial charge is 0.493 e. The second kappa shape index (κ2) is 9.00. The highest BCUT2D eigenvalue weighted by molar-refractivity contribution is 14.1. The number of methoxy groups -OCH3 is 2. The van der Waals surface area contributed by atoms with Gasteiger partial charge in [0.05, 0.1) is 14.2 Å². The van der Waals surface area contributed by atoms with Gasteiger partial charge in [-0.15, -0.1) is 0 Å². The number of thiocarbonyl (C=S) groups is 1. The molecule has 2 aromatic rings. The van der Waals surface area contributed by atoms with Crippen LogP contribution in [-0.4, -0.2) is 25.2 Å². The topological polar surface area (TPSA) is 59.6 Å². The zero-order valence-corrected chi connectivity index (χ0v) is 17.2. The third kappa shape index (κ3) is 5.05. The Balaban J connectivity index is 2.09. The summed E-state index contributed by atoms with van der Waals surface area (Å²) in [7, 11) is 3.07. The molecule has 132 valence electrons. The van der Waals surface area contributed by atoms with Crippen molar-refractivity contribution in [3.05, 3.63) is 51.1 Å². The molecule has 0 radical (unpaired) electrons. The number of aryl methyl sites for hydroxylation is 1. The van der Waals surface area contributed by atoms with Gasteiger partial charge in [0.15, 0.2) is 16.6 Å². The van der Waals surface area contributed by atoms with E-state index in [1.165, 1.54) is 7.11 Å². The van der Waals surface area contributed by atoms with Crippen molar-refractivity contribution < 1.29 is 14.3 Å². The maximum Gasteiger partial charge on any atom is 0.257 e. The Morgan fingerprint density at radius 3 is 2.48 bits per heavy atom. The summed E-state index contributed by atoms with van der Waals surface area (Å²) in [5.41, 5.74) is 2.45. The number of benzene rings is 2. The Labute approximate surface area is 166 Å². The Kier molecular flexibility index (Phi) is 7.01. The molecule has 0 atom stereocenters. The Morgan fingerprint density at radius 1 is 1.12 bits per heavy atom. The van der Waals surface area contributed by atoms with Gasteiger partial charge >= 0.3 is 0 Å². The fourth-order valence-electron chi connectivity index (χ4n) is 2.28. The molecule has 0 aliphatic rings. The standard InChI is InChI=1S/C18H19IN2O3S/c1-4-11-9-13(19)6-7-14(11)20-18(25)21-17(22)12-5-8-15(23-2)16(10-12)24-3/h5-10H,4H2,1-3H3,(H2,20,21,22,25). The van der Waals surface area contributed by atoms with Crippen LogP contribution in [0, 0.1) is 3.57 Å². The van der Waals surface area contributed by atoms with Crippen molar-refractivity contribution in [1.29, 1.82) is 0 Å². The van der Waals surface area contributed by atoms with Gasteiger partial charge in [0.1, 0.15) is 0 Å². The number of anilines is 1. The SMILES string of the molecule is CCc1cc(I)ccc1NC(=S)NC(=O)c1ccc(OC)c(OC)c1. The van der Waals surface area contributed by atoms with E-state index in [1.807, 2.05) is 12.1 Å². The van der Waals surface area contributed by atoms with Gasteiger partial charge in [-0.2, -0.15) is 0 Å². The van der Waals surface area contributed by atoms with E-state index in [-0.39, 0.29) is 11.0 Å². The Morgan fingerprint density at radius 2 is 1.84 bits per heavy atom. The summed E-state index contributed by atoms with van der Waals surface area (Å²) in [5.74, 6) is 0.730. The van der Waals surface area contributed by atoms with Crippen molar-refractivity contribution in [3.8, 4) is 11.5 Å². The number of halogens is 1. The highest BCUT2D eigenvalue weighted by atomic mass is 127. The van der Waals surface area contributed by atoms with Crippen molar-refractivity contribution in [2.24, 2.45) is 0 Å². The van der Waals surface area contributed by atoms with Crippen LogP contribution in [0.2, 0.25) is 0 Å². The smallest absolute Gasteiger partial charge is 0.257 e. The van der Waals surface area contributed by atoms with Crippen molar-refractivity contribution in [1.82, 2.24) is 5.32 Å². The molecular formula is C18H19IN2O3S. The normalized spacial score (nSPS) is 10.1. The Bertz CT molecular complexity index is 796. The summed E-state index contributed by atoms with van der Waals surface area (Å²) in [6.45, 7) is 2.07. The minimum Gasteiger partial charge on any atom is -0.493 e. The summed E-state index contributed by atoms with van der Waals surface area (Å²) < 4.78 is 11.5. The number of rotatable bonds is 5. The van der Waals surface area contributed by atoms with Crippen LogP contribution in [0.5, 0.6) is 11.5 Å². The summed E-state index contributed by atoms with van der Waals surface area (Å²) in [5, 5.41) is 6.01. The van der Waals surface area contributed by atoms with Gasteiger partial charge in [-0.25, -0.2) is 0 Å². The Hall–Kier alpha value is -1.87. The first kappa shape index (κ1) is 19.5. The predicted molar refractivity (Wildman–Crippen MR) is 112 cm³/mol. The van der Waals surface area contributed by atoms with E-state index >= 15 is 0 Å². The third-order valence-corrected chi connectivity index (χ3v) is 4.44. The molecule has 25 heavy (non-hydrogen) atoms. The molecular weight excluding hydrogens is 451 g/mol. The number of hydrogen-bond acceptors (Lipinski definition) is 4. The van der Waals surface area contributed by atoms with Crippen LogP contribution in [0.1, 0.15) is 22.8 Å². The summed E-state index contributed by atoms with van der Waals surface area (Å²) in [6, 6.07) is 11.0. The number of ether oxygens (including phenoxy) is 2. The van der Waals surface area contributed by atoms with Gasteiger partial charge in [0, 0.05) is 14.8 Å². The lowest BCUT2D eigenvalue weighted by molar-refractivity contribution is 0.0977. The fourth-order valence-corrected chi connectivity index (χ4v) is 3.04. The molecule has 0 aliphatic heterocycles. The van der Waals surface area contributed by atoms with Gasteiger partial charge in [0.2, 0.25) is 0 Å². The lowest BCUT2D eigenvalue weighted by Gasteiger charge is -2.14. The number of nitrogens with one attached hydrogen (secondary N) is 2. The third-order valence-electron chi connectivity index (χ3n) is 3.57. The van der Waals surface area contributed by atoms with E-state index in [0.717, 1.165) is 21.2 Å². The monoisotopic (exact) mass is 470 g/mol. The van der Waals surface area contributed by atoms with Gasteiger partial charge < -0.3 is 14.8 Å². The lowest BCUT2D eigenvalue weighted by Crippen LogP contribution is -2.34. The average molecular weight is 470 g/mol. The van der Waals surface area contributed by atoms with E-state index in [9.17, 15) is 4.79 Å². The molecule has 2 aromatic carbocycles. The van der Waals surface area contributed by atoms with Crippen LogP contribution in [0.25, 0.3) is 0 Å². The zero-order chi connectivity index (χ0) is 18.4. The molecule has 2 N–H and O–H groups in total. The molecule has 0 saturated carbocycles. The summed E-state index contributed by atoms with van der Waals surface area (Å²) in [6.07, 6.45) is 0.866. The molecule has 0 fully saturated rings. The molecule has 0 spiro atoms. The van der Waals surface area contributed by atoms with Gasteiger partial charge in [0.25, 0.3) is 5.91 Å². The second-order valence-electron chi connectivity index (χ2n) is 5.13. The molecule has 0 saturated heterocycles. The average Bonchev–Trinajstić information content (AvgIpc) is 2.62. The van der Waals surface area contributed by atoms with Crippen LogP contribution < -0.4 is 20.1 Å². The van der Waals surface area contributed by atoms with Gasteiger partial charge in [-0.05, 0) is 83.2 Å². The number of hydrogen-bond donors (Lipinski definition) is 2. The van der Waals surface area contributed by atoms with Crippen molar-refractivity contribution in [3.63, 3.8) is 0 Å².